The summed E-state index contributed by atoms with van der Waals surface area (Å²) in [4.78, 5) is 18.7. The Morgan fingerprint density at radius 2 is 1.92 bits per heavy atom. The number of rotatable bonds is 5. The average molecular weight is 515 g/mol. The molecule has 0 radical (unpaired) electrons. The molecule has 1 aliphatic heterocycles. The third kappa shape index (κ3) is 4.39. The largest absolute Gasteiger partial charge is 0.381 e. The van der Waals surface area contributed by atoms with Gasteiger partial charge >= 0.3 is 0 Å². The number of imidazole rings is 2. The smallest absolute Gasteiger partial charge is 0.237 e. The Morgan fingerprint density at radius 1 is 1.08 bits per heavy atom. The zero-order valence-electron chi connectivity index (χ0n) is 19.9. The average Bonchev–Trinajstić information content (AvgIpc) is 3.49. The third-order valence-corrected chi connectivity index (χ3v) is 6.90. The summed E-state index contributed by atoms with van der Waals surface area (Å²) in [5.41, 5.74) is 4.47. The second kappa shape index (κ2) is 8.95. The van der Waals surface area contributed by atoms with E-state index in [1.54, 1.807) is 53.5 Å². The van der Waals surface area contributed by atoms with Gasteiger partial charge in [0.1, 0.15) is 17.7 Å². The van der Waals surface area contributed by atoms with E-state index >= 15 is 0 Å². The van der Waals surface area contributed by atoms with Crippen molar-refractivity contribution in [3.05, 3.63) is 60.6 Å². The molecule has 0 bridgehead atoms. The number of nitrogens with zero attached hydrogens (tertiary/aromatic N) is 7. The molecule has 11 nitrogen and oxygen atoms in total. The fourth-order valence-electron chi connectivity index (χ4n) is 4.66. The van der Waals surface area contributed by atoms with Gasteiger partial charge in [-0.1, -0.05) is 12.1 Å². The Balaban J connectivity index is 1.53. The van der Waals surface area contributed by atoms with Crippen molar-refractivity contribution in [3.63, 3.8) is 0 Å². The van der Waals surface area contributed by atoms with E-state index in [0.717, 1.165) is 35.7 Å². The van der Waals surface area contributed by atoms with Gasteiger partial charge in [0.15, 0.2) is 5.65 Å². The number of aromatic nitrogens is 6. The number of benzene rings is 2. The van der Waals surface area contributed by atoms with Crippen LogP contribution < -0.4 is 4.72 Å². The molecule has 6 rings (SSSR count). The summed E-state index contributed by atoms with van der Waals surface area (Å²) >= 11 is 0. The van der Waals surface area contributed by atoms with Gasteiger partial charge in [-0.15, -0.1) is 0 Å². The molecule has 0 spiro atoms. The molecule has 37 heavy (non-hydrogen) atoms. The van der Waals surface area contributed by atoms with Crippen molar-refractivity contribution < 1.29 is 13.2 Å². The molecule has 2 aromatic carbocycles. The second-order valence-corrected chi connectivity index (χ2v) is 10.7. The predicted octanol–water partition coefficient (Wildman–Crippen LogP) is 3.43. The Labute approximate surface area is 212 Å². The first-order valence-electron chi connectivity index (χ1n) is 11.7. The van der Waals surface area contributed by atoms with Crippen molar-refractivity contribution in [1.29, 1.82) is 5.26 Å². The maximum absolute atomic E-state index is 11.8. The van der Waals surface area contributed by atoms with Gasteiger partial charge in [-0.2, -0.15) is 10.2 Å². The monoisotopic (exact) mass is 514 g/mol. The van der Waals surface area contributed by atoms with E-state index in [-0.39, 0.29) is 6.04 Å². The van der Waals surface area contributed by atoms with Gasteiger partial charge in [0.05, 0.1) is 35.1 Å². The Hall–Kier alpha value is -4.34. The van der Waals surface area contributed by atoms with Crippen molar-refractivity contribution in [1.82, 2.24) is 29.1 Å². The van der Waals surface area contributed by atoms with Crippen LogP contribution in [-0.4, -0.2) is 57.0 Å². The number of fused-ring (bicyclic) bond motifs is 2. The van der Waals surface area contributed by atoms with Crippen LogP contribution >= 0.6 is 0 Å². The minimum absolute atomic E-state index is 0.0905. The molecule has 0 saturated carbocycles. The summed E-state index contributed by atoms with van der Waals surface area (Å²) in [5, 5.41) is 9.34. The Kier molecular flexibility index (Phi) is 5.58. The quantitative estimate of drug-likeness (QED) is 0.376. The van der Waals surface area contributed by atoms with Crippen LogP contribution in [0.5, 0.6) is 0 Å². The Bertz CT molecular complexity index is 1800. The molecule has 0 atom stereocenters. The fourth-order valence-corrected chi connectivity index (χ4v) is 5.22. The van der Waals surface area contributed by atoms with Crippen molar-refractivity contribution in [2.24, 2.45) is 0 Å². The van der Waals surface area contributed by atoms with Gasteiger partial charge in [-0.25, -0.2) is 23.4 Å². The lowest BCUT2D eigenvalue weighted by atomic mass is 10.1. The first kappa shape index (κ1) is 23.1. The first-order chi connectivity index (χ1) is 17.9. The normalized spacial score (nSPS) is 14.7. The molecule has 12 heteroatoms. The van der Waals surface area contributed by atoms with E-state index in [9.17, 15) is 13.7 Å². The van der Waals surface area contributed by atoms with E-state index in [2.05, 4.69) is 25.3 Å². The number of nitriles is 1. The van der Waals surface area contributed by atoms with Crippen LogP contribution in [0.15, 0.2) is 55.0 Å². The summed E-state index contributed by atoms with van der Waals surface area (Å²) in [6.45, 7) is 1.25. The highest BCUT2D eigenvalue weighted by molar-refractivity contribution is 7.92. The van der Waals surface area contributed by atoms with Crippen LogP contribution in [0.1, 0.15) is 24.4 Å². The van der Waals surface area contributed by atoms with Crippen LogP contribution in [-0.2, 0) is 14.8 Å². The SMILES string of the molecule is CS(=O)(=O)Nc1cccc(-c2nc3cnc(-n4cnc5ccc(C#N)cc54)nc3n2C2CCOCC2)c1. The lowest BCUT2D eigenvalue weighted by Crippen LogP contribution is -2.20. The van der Waals surface area contributed by atoms with Gasteiger partial charge in [0.25, 0.3) is 0 Å². The third-order valence-electron chi connectivity index (χ3n) is 6.29. The highest BCUT2D eigenvalue weighted by atomic mass is 32.2. The Morgan fingerprint density at radius 3 is 2.70 bits per heavy atom. The van der Waals surface area contributed by atoms with Crippen LogP contribution in [0.2, 0.25) is 0 Å². The van der Waals surface area contributed by atoms with E-state index < -0.39 is 10.0 Å². The molecule has 1 N–H and O–H groups in total. The molecular formula is C25H22N8O3S. The van der Waals surface area contributed by atoms with Crippen LogP contribution in [0, 0.1) is 11.3 Å². The highest BCUT2D eigenvalue weighted by Crippen LogP contribution is 2.33. The molecule has 0 amide bonds. The van der Waals surface area contributed by atoms with Gasteiger partial charge < -0.3 is 9.30 Å². The molecule has 5 aromatic rings. The van der Waals surface area contributed by atoms with Crippen LogP contribution in [0.3, 0.4) is 0 Å². The summed E-state index contributed by atoms with van der Waals surface area (Å²) in [6, 6.07) is 14.7. The lowest BCUT2D eigenvalue weighted by molar-refractivity contribution is 0.0708. The maximum Gasteiger partial charge on any atom is 0.237 e. The fraction of sp³-hybridized carbons (Fsp3) is 0.240. The molecule has 1 saturated heterocycles. The zero-order valence-corrected chi connectivity index (χ0v) is 20.7. The highest BCUT2D eigenvalue weighted by Gasteiger charge is 2.25. The van der Waals surface area contributed by atoms with Gasteiger partial charge in [0.2, 0.25) is 16.0 Å². The molecule has 186 valence electrons. The molecule has 1 fully saturated rings. The lowest BCUT2D eigenvalue weighted by Gasteiger charge is -2.25. The minimum Gasteiger partial charge on any atom is -0.381 e. The molecule has 1 aliphatic rings. The summed E-state index contributed by atoms with van der Waals surface area (Å²) in [7, 11) is -3.43. The standard InChI is InChI=1S/C25H22N8O3S/c1-37(34,35)31-18-4-2-3-17(12-18)23-29-21-14-27-25(30-24(21)33(23)19-7-9-36-10-8-19)32-15-28-20-6-5-16(13-26)11-22(20)32/h2-6,11-12,14-15,19,31H,7-10H2,1H3. The van der Waals surface area contributed by atoms with Crippen LogP contribution in [0.4, 0.5) is 5.69 Å². The topological polar surface area (TPSA) is 141 Å². The summed E-state index contributed by atoms with van der Waals surface area (Å²) < 4.78 is 35.6. The van der Waals surface area contributed by atoms with Crippen molar-refractivity contribution in [2.45, 2.75) is 18.9 Å². The van der Waals surface area contributed by atoms with Crippen molar-refractivity contribution in [3.8, 4) is 23.4 Å². The van der Waals surface area contributed by atoms with E-state index in [4.69, 9.17) is 14.7 Å². The van der Waals surface area contributed by atoms with Crippen LogP contribution in [0.25, 0.3) is 39.5 Å². The van der Waals surface area contributed by atoms with E-state index in [0.29, 0.717) is 47.4 Å². The van der Waals surface area contributed by atoms with E-state index in [1.807, 2.05) is 6.07 Å². The molecule has 0 aliphatic carbocycles. The first-order valence-corrected chi connectivity index (χ1v) is 13.6. The number of sulfonamides is 1. The number of nitrogens with one attached hydrogen (secondary N) is 1. The molecule has 0 unspecified atom stereocenters. The number of anilines is 1. The number of hydrogen-bond acceptors (Lipinski definition) is 8. The summed E-state index contributed by atoms with van der Waals surface area (Å²) in [6.07, 6.45) is 6.02. The van der Waals surface area contributed by atoms with E-state index in [1.165, 1.54) is 0 Å². The maximum atomic E-state index is 11.8. The summed E-state index contributed by atoms with van der Waals surface area (Å²) in [5.74, 6) is 1.09. The second-order valence-electron chi connectivity index (χ2n) is 8.91. The van der Waals surface area contributed by atoms with Gasteiger partial charge in [0, 0.05) is 30.5 Å². The zero-order chi connectivity index (χ0) is 25.6. The molecule has 3 aromatic heterocycles. The van der Waals surface area contributed by atoms with Crippen molar-refractivity contribution >= 4 is 37.9 Å². The number of ether oxygens (including phenoxy) is 1. The predicted molar refractivity (Wildman–Crippen MR) is 138 cm³/mol. The van der Waals surface area contributed by atoms with Gasteiger partial charge in [-0.3, -0.25) is 9.29 Å². The number of hydrogen-bond donors (Lipinski definition) is 1. The molecule has 4 heterocycles. The van der Waals surface area contributed by atoms with Crippen molar-refractivity contribution in [2.75, 3.05) is 24.2 Å². The van der Waals surface area contributed by atoms with Gasteiger partial charge in [-0.05, 0) is 43.2 Å². The minimum atomic E-state index is -3.43. The molecular weight excluding hydrogens is 492 g/mol.